The number of nitrogens with one attached hydrogen (secondary N) is 2. The van der Waals surface area contributed by atoms with E-state index in [1.54, 1.807) is 49.7 Å². The number of ether oxygens (including phenoxy) is 1. The van der Waals surface area contributed by atoms with Gasteiger partial charge in [0.05, 0.1) is 24.7 Å². The van der Waals surface area contributed by atoms with Gasteiger partial charge in [0.25, 0.3) is 5.91 Å². The third-order valence-electron chi connectivity index (χ3n) is 3.48. The lowest BCUT2D eigenvalue weighted by Crippen LogP contribution is -2.12. The maximum Gasteiger partial charge on any atom is 0.256 e. The SMILES string of the molecule is COc1ccc(Cl)cc1Nc1ccc(NC(=O)c2ccccc2)nc1. The van der Waals surface area contributed by atoms with Gasteiger partial charge in [-0.25, -0.2) is 4.98 Å². The molecule has 0 spiro atoms. The molecule has 126 valence electrons. The Morgan fingerprint density at radius 3 is 2.56 bits per heavy atom. The average molecular weight is 354 g/mol. The Balaban J connectivity index is 1.70. The minimum absolute atomic E-state index is 0.203. The van der Waals surface area contributed by atoms with Gasteiger partial charge in [0.1, 0.15) is 11.6 Å². The summed E-state index contributed by atoms with van der Waals surface area (Å²) in [5.41, 5.74) is 2.06. The molecular formula is C19H16ClN3O2. The minimum Gasteiger partial charge on any atom is -0.495 e. The zero-order valence-electron chi connectivity index (χ0n) is 13.5. The van der Waals surface area contributed by atoms with E-state index >= 15 is 0 Å². The highest BCUT2D eigenvalue weighted by molar-refractivity contribution is 6.31. The maximum absolute atomic E-state index is 12.1. The van der Waals surface area contributed by atoms with Crippen molar-refractivity contribution in [1.82, 2.24) is 4.98 Å². The van der Waals surface area contributed by atoms with Crippen molar-refractivity contribution < 1.29 is 9.53 Å². The number of hydrogen-bond acceptors (Lipinski definition) is 4. The summed E-state index contributed by atoms with van der Waals surface area (Å²) in [6.07, 6.45) is 1.63. The van der Waals surface area contributed by atoms with Crippen molar-refractivity contribution >= 4 is 34.7 Å². The topological polar surface area (TPSA) is 63.2 Å². The Morgan fingerprint density at radius 2 is 1.88 bits per heavy atom. The molecule has 0 saturated heterocycles. The van der Waals surface area contributed by atoms with Crippen LogP contribution in [0.25, 0.3) is 0 Å². The van der Waals surface area contributed by atoms with Crippen molar-refractivity contribution in [2.24, 2.45) is 0 Å². The second-order valence-corrected chi connectivity index (χ2v) is 5.66. The largest absolute Gasteiger partial charge is 0.495 e. The van der Waals surface area contributed by atoms with Gasteiger partial charge in [-0.15, -0.1) is 0 Å². The van der Waals surface area contributed by atoms with Crippen LogP contribution in [0.1, 0.15) is 10.4 Å². The molecule has 0 atom stereocenters. The summed E-state index contributed by atoms with van der Waals surface area (Å²) >= 11 is 6.02. The highest BCUT2D eigenvalue weighted by Crippen LogP contribution is 2.30. The third-order valence-corrected chi connectivity index (χ3v) is 3.72. The lowest BCUT2D eigenvalue weighted by atomic mass is 10.2. The van der Waals surface area contributed by atoms with Crippen LogP contribution in [0.4, 0.5) is 17.2 Å². The molecule has 5 nitrogen and oxygen atoms in total. The van der Waals surface area contributed by atoms with Crippen molar-refractivity contribution in [3.8, 4) is 5.75 Å². The van der Waals surface area contributed by atoms with Crippen LogP contribution in [0.15, 0.2) is 66.9 Å². The number of methoxy groups -OCH3 is 1. The van der Waals surface area contributed by atoms with Crippen molar-refractivity contribution in [2.45, 2.75) is 0 Å². The second-order valence-electron chi connectivity index (χ2n) is 5.22. The summed E-state index contributed by atoms with van der Waals surface area (Å²) < 4.78 is 5.30. The molecular weight excluding hydrogens is 338 g/mol. The van der Waals surface area contributed by atoms with Crippen LogP contribution < -0.4 is 15.4 Å². The lowest BCUT2D eigenvalue weighted by molar-refractivity contribution is 0.102. The minimum atomic E-state index is -0.203. The van der Waals surface area contributed by atoms with Crippen molar-refractivity contribution in [3.63, 3.8) is 0 Å². The van der Waals surface area contributed by atoms with Crippen LogP contribution >= 0.6 is 11.6 Å². The highest BCUT2D eigenvalue weighted by atomic mass is 35.5. The van der Waals surface area contributed by atoms with E-state index < -0.39 is 0 Å². The molecule has 25 heavy (non-hydrogen) atoms. The van der Waals surface area contributed by atoms with Crippen molar-refractivity contribution in [2.75, 3.05) is 17.7 Å². The van der Waals surface area contributed by atoms with Crippen LogP contribution in [0.5, 0.6) is 5.75 Å². The van der Waals surface area contributed by atoms with E-state index in [1.165, 1.54) is 0 Å². The smallest absolute Gasteiger partial charge is 0.256 e. The van der Waals surface area contributed by atoms with Crippen LogP contribution in [0, 0.1) is 0 Å². The number of pyridine rings is 1. The number of amides is 1. The summed E-state index contributed by atoms with van der Waals surface area (Å²) in [5, 5.41) is 6.55. The molecule has 2 aromatic carbocycles. The number of carbonyl (C=O) groups excluding carboxylic acids is 1. The lowest BCUT2D eigenvalue weighted by Gasteiger charge is -2.12. The van der Waals surface area contributed by atoms with Gasteiger partial charge in [0.15, 0.2) is 0 Å². The zero-order valence-corrected chi connectivity index (χ0v) is 14.2. The molecule has 0 aliphatic carbocycles. The first-order chi connectivity index (χ1) is 12.2. The highest BCUT2D eigenvalue weighted by Gasteiger charge is 2.07. The van der Waals surface area contributed by atoms with Crippen molar-refractivity contribution in [1.29, 1.82) is 0 Å². The Bertz CT molecular complexity index is 868. The molecule has 0 fully saturated rings. The molecule has 1 aromatic heterocycles. The summed E-state index contributed by atoms with van der Waals surface area (Å²) in [5.74, 6) is 0.939. The standard InChI is InChI=1S/C19H16ClN3O2/c1-25-17-9-7-14(20)11-16(17)22-15-8-10-18(21-12-15)23-19(24)13-5-3-2-4-6-13/h2-12,22H,1H3,(H,21,23,24). The summed E-state index contributed by atoms with van der Waals surface area (Å²) in [6.45, 7) is 0. The number of hydrogen-bond donors (Lipinski definition) is 2. The van der Waals surface area contributed by atoms with Crippen LogP contribution in [-0.4, -0.2) is 18.0 Å². The van der Waals surface area contributed by atoms with E-state index in [0.717, 1.165) is 11.4 Å². The van der Waals surface area contributed by atoms with Gasteiger partial charge in [0.2, 0.25) is 0 Å². The van der Waals surface area contributed by atoms with Crippen LogP contribution in [-0.2, 0) is 0 Å². The molecule has 3 rings (SSSR count). The third kappa shape index (κ3) is 4.28. The summed E-state index contributed by atoms with van der Waals surface area (Å²) in [4.78, 5) is 16.4. The Labute approximate surface area is 150 Å². The predicted molar refractivity (Wildman–Crippen MR) is 99.9 cm³/mol. The molecule has 0 aliphatic rings. The second kappa shape index (κ2) is 7.68. The van der Waals surface area contributed by atoms with E-state index in [1.807, 2.05) is 24.3 Å². The molecule has 1 amide bonds. The van der Waals surface area contributed by atoms with Gasteiger partial charge < -0.3 is 15.4 Å². The zero-order chi connectivity index (χ0) is 17.6. The predicted octanol–water partition coefficient (Wildman–Crippen LogP) is 4.74. The molecule has 3 aromatic rings. The number of anilines is 3. The first-order valence-electron chi connectivity index (χ1n) is 7.59. The molecule has 0 aliphatic heterocycles. The maximum atomic E-state index is 12.1. The van der Waals surface area contributed by atoms with Crippen LogP contribution in [0.2, 0.25) is 5.02 Å². The fourth-order valence-electron chi connectivity index (χ4n) is 2.25. The summed E-state index contributed by atoms with van der Waals surface area (Å²) in [6, 6.07) is 17.8. The first-order valence-corrected chi connectivity index (χ1v) is 7.96. The Hall–Kier alpha value is -3.05. The number of benzene rings is 2. The van der Waals surface area contributed by atoms with Crippen LogP contribution in [0.3, 0.4) is 0 Å². The molecule has 0 saturated carbocycles. The Morgan fingerprint density at radius 1 is 1.08 bits per heavy atom. The number of halogens is 1. The molecule has 2 N–H and O–H groups in total. The molecule has 0 unspecified atom stereocenters. The number of rotatable bonds is 5. The number of carbonyl (C=O) groups is 1. The number of aromatic nitrogens is 1. The van der Waals surface area contributed by atoms with E-state index in [2.05, 4.69) is 15.6 Å². The van der Waals surface area contributed by atoms with Gasteiger partial charge in [-0.05, 0) is 42.5 Å². The molecule has 0 radical (unpaired) electrons. The average Bonchev–Trinajstić information content (AvgIpc) is 2.64. The summed E-state index contributed by atoms with van der Waals surface area (Å²) in [7, 11) is 1.59. The Kier molecular flexibility index (Phi) is 5.16. The fourth-order valence-corrected chi connectivity index (χ4v) is 2.43. The van der Waals surface area contributed by atoms with Gasteiger partial charge in [-0.3, -0.25) is 4.79 Å². The van der Waals surface area contributed by atoms with E-state index in [-0.39, 0.29) is 5.91 Å². The van der Waals surface area contributed by atoms with E-state index in [0.29, 0.717) is 22.2 Å². The van der Waals surface area contributed by atoms with E-state index in [9.17, 15) is 4.79 Å². The quantitative estimate of drug-likeness (QED) is 0.695. The molecule has 1 heterocycles. The molecule has 0 bridgehead atoms. The number of nitrogens with zero attached hydrogens (tertiary/aromatic N) is 1. The van der Waals surface area contributed by atoms with Gasteiger partial charge >= 0.3 is 0 Å². The fraction of sp³-hybridized carbons (Fsp3) is 0.0526. The molecule has 6 heteroatoms. The van der Waals surface area contributed by atoms with Gasteiger partial charge in [-0.2, -0.15) is 0 Å². The van der Waals surface area contributed by atoms with E-state index in [4.69, 9.17) is 16.3 Å². The monoisotopic (exact) mass is 353 g/mol. The first kappa shape index (κ1) is 16.8. The van der Waals surface area contributed by atoms with Gasteiger partial charge in [0, 0.05) is 10.6 Å². The van der Waals surface area contributed by atoms with Gasteiger partial charge in [-0.1, -0.05) is 29.8 Å². The normalized spacial score (nSPS) is 10.2. The van der Waals surface area contributed by atoms with Crippen molar-refractivity contribution in [3.05, 3.63) is 77.4 Å².